The van der Waals surface area contributed by atoms with Crippen molar-refractivity contribution in [2.24, 2.45) is 0 Å². The van der Waals surface area contributed by atoms with Crippen LogP contribution in [0.3, 0.4) is 0 Å². The Kier molecular flexibility index (Phi) is 4.63. The number of esters is 1. The van der Waals surface area contributed by atoms with E-state index in [1.54, 1.807) is 6.92 Å². The Bertz CT molecular complexity index is 311. The Hall–Kier alpha value is -1.02. The van der Waals surface area contributed by atoms with E-state index in [-0.39, 0.29) is 11.9 Å². The molecule has 0 N–H and O–H groups in total. The van der Waals surface area contributed by atoms with E-state index >= 15 is 0 Å². The van der Waals surface area contributed by atoms with E-state index in [4.69, 9.17) is 16.3 Å². The predicted molar refractivity (Wildman–Crippen MR) is 61.1 cm³/mol. The largest absolute Gasteiger partial charge is 0.465 e. The highest BCUT2D eigenvalue weighted by atomic mass is 35.5. The number of halogens is 1. The van der Waals surface area contributed by atoms with Crippen LogP contribution in [-0.2, 0) is 9.53 Å². The van der Waals surface area contributed by atoms with Crippen molar-refractivity contribution in [2.45, 2.75) is 25.1 Å². The molecule has 15 heavy (non-hydrogen) atoms. The highest BCUT2D eigenvalue weighted by Gasteiger charge is 2.24. The van der Waals surface area contributed by atoms with Gasteiger partial charge in [0.1, 0.15) is 5.38 Å². The molecule has 0 spiro atoms. The lowest BCUT2D eigenvalue weighted by atomic mass is 9.98. The smallest absolute Gasteiger partial charge is 0.324 e. The zero-order chi connectivity index (χ0) is 11.3. The molecule has 1 aromatic carbocycles. The topological polar surface area (TPSA) is 26.3 Å². The molecule has 2 atom stereocenters. The van der Waals surface area contributed by atoms with Gasteiger partial charge in [0.05, 0.1) is 6.61 Å². The number of ether oxygens (including phenoxy) is 1. The van der Waals surface area contributed by atoms with Crippen LogP contribution in [0.25, 0.3) is 0 Å². The first-order valence-corrected chi connectivity index (χ1v) is 5.46. The van der Waals surface area contributed by atoms with E-state index in [0.717, 1.165) is 5.56 Å². The van der Waals surface area contributed by atoms with Crippen LogP contribution in [0.2, 0.25) is 0 Å². The maximum Gasteiger partial charge on any atom is 0.324 e. The molecular formula is C12H15ClO2. The zero-order valence-electron chi connectivity index (χ0n) is 8.94. The average molecular weight is 227 g/mol. The van der Waals surface area contributed by atoms with Crippen LogP contribution in [0.4, 0.5) is 0 Å². The first kappa shape index (κ1) is 12.1. The van der Waals surface area contributed by atoms with Gasteiger partial charge in [-0.1, -0.05) is 37.3 Å². The molecule has 1 aromatic rings. The molecular weight excluding hydrogens is 212 g/mol. The third-order valence-electron chi connectivity index (χ3n) is 2.28. The predicted octanol–water partition coefficient (Wildman–Crippen LogP) is 2.96. The quantitative estimate of drug-likeness (QED) is 0.583. The summed E-state index contributed by atoms with van der Waals surface area (Å²) in [5.41, 5.74) is 1.05. The van der Waals surface area contributed by atoms with Crippen LogP contribution in [0.15, 0.2) is 30.3 Å². The molecule has 0 saturated heterocycles. The second-order valence-corrected chi connectivity index (χ2v) is 3.82. The summed E-state index contributed by atoms with van der Waals surface area (Å²) in [6, 6.07) is 9.71. The molecule has 0 saturated carbocycles. The van der Waals surface area contributed by atoms with Crippen LogP contribution in [0.5, 0.6) is 0 Å². The van der Waals surface area contributed by atoms with Crippen LogP contribution in [0, 0.1) is 0 Å². The molecule has 0 fully saturated rings. The summed E-state index contributed by atoms with van der Waals surface area (Å²) in [5, 5.41) is -0.618. The molecule has 0 amide bonds. The van der Waals surface area contributed by atoms with Gasteiger partial charge in [-0.05, 0) is 12.5 Å². The van der Waals surface area contributed by atoms with E-state index in [9.17, 15) is 4.79 Å². The van der Waals surface area contributed by atoms with Gasteiger partial charge in [0.2, 0.25) is 0 Å². The van der Waals surface area contributed by atoms with Gasteiger partial charge in [0.25, 0.3) is 0 Å². The van der Waals surface area contributed by atoms with E-state index in [1.807, 2.05) is 37.3 Å². The second kappa shape index (κ2) is 5.76. The number of benzene rings is 1. The van der Waals surface area contributed by atoms with Gasteiger partial charge in [-0.3, -0.25) is 4.79 Å². The summed E-state index contributed by atoms with van der Waals surface area (Å²) in [4.78, 5) is 11.4. The highest BCUT2D eigenvalue weighted by Crippen LogP contribution is 2.23. The molecule has 2 nitrogen and oxygen atoms in total. The Morgan fingerprint density at radius 3 is 2.53 bits per heavy atom. The number of carbonyl (C=O) groups is 1. The van der Waals surface area contributed by atoms with Crippen molar-refractivity contribution in [3.05, 3.63) is 35.9 Å². The Morgan fingerprint density at radius 2 is 2.00 bits per heavy atom. The van der Waals surface area contributed by atoms with Gasteiger partial charge in [-0.15, -0.1) is 11.6 Å². The number of rotatable bonds is 4. The van der Waals surface area contributed by atoms with Crippen molar-refractivity contribution in [1.29, 1.82) is 0 Å². The minimum Gasteiger partial charge on any atom is -0.465 e. The van der Waals surface area contributed by atoms with Crippen LogP contribution >= 0.6 is 11.6 Å². The van der Waals surface area contributed by atoms with Crippen molar-refractivity contribution in [1.82, 2.24) is 0 Å². The molecule has 3 heteroatoms. The fourth-order valence-electron chi connectivity index (χ4n) is 1.35. The van der Waals surface area contributed by atoms with Gasteiger partial charge in [0.15, 0.2) is 0 Å². The van der Waals surface area contributed by atoms with E-state index < -0.39 is 5.38 Å². The summed E-state index contributed by atoms with van der Waals surface area (Å²) in [6.07, 6.45) is 0. The summed E-state index contributed by atoms with van der Waals surface area (Å²) in [5.74, 6) is -0.387. The molecule has 0 aliphatic carbocycles. The first-order chi connectivity index (χ1) is 7.16. The van der Waals surface area contributed by atoms with Crippen LogP contribution in [-0.4, -0.2) is 18.0 Å². The number of hydrogen-bond donors (Lipinski definition) is 0. The number of carbonyl (C=O) groups excluding carboxylic acids is 1. The molecule has 0 aliphatic rings. The molecule has 2 unspecified atom stereocenters. The lowest BCUT2D eigenvalue weighted by Crippen LogP contribution is -2.23. The summed E-state index contributed by atoms with van der Waals surface area (Å²) in [6.45, 7) is 4.06. The van der Waals surface area contributed by atoms with Crippen LogP contribution < -0.4 is 0 Å². The Morgan fingerprint density at radius 1 is 1.40 bits per heavy atom. The van der Waals surface area contributed by atoms with Crippen molar-refractivity contribution < 1.29 is 9.53 Å². The maximum atomic E-state index is 11.4. The molecule has 82 valence electrons. The zero-order valence-corrected chi connectivity index (χ0v) is 9.70. The Labute approximate surface area is 95.2 Å². The lowest BCUT2D eigenvalue weighted by molar-refractivity contribution is -0.143. The normalized spacial score (nSPS) is 14.3. The molecule has 0 heterocycles. The second-order valence-electron chi connectivity index (χ2n) is 3.35. The van der Waals surface area contributed by atoms with Crippen LogP contribution in [0.1, 0.15) is 25.3 Å². The number of alkyl halides is 1. The fourth-order valence-corrected chi connectivity index (χ4v) is 1.56. The SMILES string of the molecule is CCOC(=O)C(Cl)C(C)c1ccccc1. The summed E-state index contributed by atoms with van der Waals surface area (Å²) in [7, 11) is 0. The van der Waals surface area contributed by atoms with Gasteiger partial charge in [-0.2, -0.15) is 0 Å². The van der Waals surface area contributed by atoms with Gasteiger partial charge in [0, 0.05) is 5.92 Å². The monoisotopic (exact) mass is 226 g/mol. The minimum atomic E-state index is -0.618. The third kappa shape index (κ3) is 3.24. The molecule has 0 aliphatic heterocycles. The Balaban J connectivity index is 2.68. The molecule has 0 bridgehead atoms. The standard InChI is InChI=1S/C12H15ClO2/c1-3-15-12(14)11(13)9(2)10-7-5-4-6-8-10/h4-9,11H,3H2,1-2H3. The van der Waals surface area contributed by atoms with E-state index in [0.29, 0.717) is 6.61 Å². The molecule has 0 aromatic heterocycles. The minimum absolute atomic E-state index is 0.0353. The fraction of sp³-hybridized carbons (Fsp3) is 0.417. The molecule has 0 radical (unpaired) electrons. The van der Waals surface area contributed by atoms with Gasteiger partial charge in [-0.25, -0.2) is 0 Å². The lowest BCUT2D eigenvalue weighted by Gasteiger charge is -2.16. The van der Waals surface area contributed by atoms with E-state index in [2.05, 4.69) is 0 Å². The molecule has 1 rings (SSSR count). The van der Waals surface area contributed by atoms with Gasteiger partial charge >= 0.3 is 5.97 Å². The van der Waals surface area contributed by atoms with Crippen molar-refractivity contribution in [3.8, 4) is 0 Å². The summed E-state index contributed by atoms with van der Waals surface area (Å²) >= 11 is 6.02. The summed E-state index contributed by atoms with van der Waals surface area (Å²) < 4.78 is 4.88. The average Bonchev–Trinajstić information content (AvgIpc) is 2.28. The van der Waals surface area contributed by atoms with Crippen molar-refractivity contribution in [2.75, 3.05) is 6.61 Å². The van der Waals surface area contributed by atoms with Crippen molar-refractivity contribution in [3.63, 3.8) is 0 Å². The van der Waals surface area contributed by atoms with Crippen molar-refractivity contribution >= 4 is 17.6 Å². The highest BCUT2D eigenvalue weighted by molar-refractivity contribution is 6.30. The van der Waals surface area contributed by atoms with E-state index in [1.165, 1.54) is 0 Å². The maximum absolute atomic E-state index is 11.4. The first-order valence-electron chi connectivity index (χ1n) is 5.02. The van der Waals surface area contributed by atoms with Gasteiger partial charge < -0.3 is 4.74 Å². The number of hydrogen-bond acceptors (Lipinski definition) is 2. The third-order valence-corrected chi connectivity index (χ3v) is 2.83.